The SMILES string of the molecule is COc1ccc([C@H](NC(=O)[C@@H]2CCOC2)c2ccc(C)cc2)cc1. The minimum atomic E-state index is -0.176. The Bertz CT molecular complexity index is 673. The van der Waals surface area contributed by atoms with E-state index in [9.17, 15) is 4.79 Å². The number of nitrogens with one attached hydrogen (secondary N) is 1. The molecule has 1 heterocycles. The summed E-state index contributed by atoms with van der Waals surface area (Å²) in [7, 11) is 1.65. The van der Waals surface area contributed by atoms with Crippen molar-refractivity contribution in [2.45, 2.75) is 19.4 Å². The molecule has 1 saturated heterocycles. The molecular weight excluding hydrogens is 302 g/mol. The summed E-state index contributed by atoms with van der Waals surface area (Å²) in [5.74, 6) is 0.794. The van der Waals surface area contributed by atoms with Crippen LogP contribution in [0.3, 0.4) is 0 Å². The number of hydrogen-bond acceptors (Lipinski definition) is 3. The van der Waals surface area contributed by atoms with Crippen molar-refractivity contribution in [1.29, 1.82) is 0 Å². The average molecular weight is 325 g/mol. The van der Waals surface area contributed by atoms with Gasteiger partial charge in [0.2, 0.25) is 5.91 Å². The Morgan fingerprint density at radius 3 is 2.29 bits per heavy atom. The van der Waals surface area contributed by atoms with Crippen molar-refractivity contribution in [2.75, 3.05) is 20.3 Å². The van der Waals surface area contributed by atoms with Gasteiger partial charge in [-0.05, 0) is 36.6 Å². The smallest absolute Gasteiger partial charge is 0.226 e. The molecule has 24 heavy (non-hydrogen) atoms. The maximum atomic E-state index is 12.6. The van der Waals surface area contributed by atoms with Gasteiger partial charge in [0.15, 0.2) is 0 Å². The lowest BCUT2D eigenvalue weighted by atomic mass is 9.96. The molecule has 2 atom stereocenters. The van der Waals surface area contributed by atoms with Gasteiger partial charge in [0.1, 0.15) is 5.75 Å². The van der Waals surface area contributed by atoms with Crippen LogP contribution in [0.1, 0.15) is 29.2 Å². The number of hydrogen-bond donors (Lipinski definition) is 1. The fraction of sp³-hybridized carbons (Fsp3) is 0.350. The van der Waals surface area contributed by atoms with Crippen LogP contribution >= 0.6 is 0 Å². The van der Waals surface area contributed by atoms with Crippen molar-refractivity contribution in [3.05, 3.63) is 65.2 Å². The molecule has 0 spiro atoms. The third kappa shape index (κ3) is 3.77. The van der Waals surface area contributed by atoms with Gasteiger partial charge in [-0.1, -0.05) is 42.0 Å². The van der Waals surface area contributed by atoms with Gasteiger partial charge in [-0.2, -0.15) is 0 Å². The molecule has 3 rings (SSSR count). The van der Waals surface area contributed by atoms with Gasteiger partial charge in [-0.25, -0.2) is 0 Å². The van der Waals surface area contributed by atoms with E-state index < -0.39 is 0 Å². The number of benzene rings is 2. The van der Waals surface area contributed by atoms with E-state index in [0.717, 1.165) is 23.3 Å². The highest BCUT2D eigenvalue weighted by Gasteiger charge is 2.26. The summed E-state index contributed by atoms with van der Waals surface area (Å²) in [6.45, 7) is 3.23. The van der Waals surface area contributed by atoms with E-state index in [1.807, 2.05) is 24.3 Å². The Labute approximate surface area is 142 Å². The van der Waals surface area contributed by atoms with Crippen LogP contribution in [0.25, 0.3) is 0 Å². The molecule has 1 aliphatic rings. The van der Waals surface area contributed by atoms with Gasteiger partial charge in [0, 0.05) is 6.61 Å². The van der Waals surface area contributed by atoms with Crippen molar-refractivity contribution < 1.29 is 14.3 Å². The summed E-state index contributed by atoms with van der Waals surface area (Å²) in [6, 6.07) is 15.9. The van der Waals surface area contributed by atoms with Gasteiger partial charge >= 0.3 is 0 Å². The first-order chi connectivity index (χ1) is 11.7. The van der Waals surface area contributed by atoms with Crippen LogP contribution in [0.4, 0.5) is 0 Å². The fourth-order valence-corrected chi connectivity index (χ4v) is 2.92. The normalized spacial score (nSPS) is 18.2. The third-order valence-corrected chi connectivity index (χ3v) is 4.45. The van der Waals surface area contributed by atoms with E-state index in [1.165, 1.54) is 5.56 Å². The molecule has 0 aromatic heterocycles. The van der Waals surface area contributed by atoms with Crippen LogP contribution in [0, 0.1) is 12.8 Å². The lowest BCUT2D eigenvalue weighted by molar-refractivity contribution is -0.125. The Hall–Kier alpha value is -2.33. The van der Waals surface area contributed by atoms with Crippen molar-refractivity contribution in [1.82, 2.24) is 5.32 Å². The highest BCUT2D eigenvalue weighted by molar-refractivity contribution is 5.80. The molecule has 1 N–H and O–H groups in total. The van der Waals surface area contributed by atoms with Crippen molar-refractivity contribution in [3.8, 4) is 5.75 Å². The Morgan fingerprint density at radius 2 is 1.75 bits per heavy atom. The number of ether oxygens (including phenoxy) is 2. The number of rotatable bonds is 5. The van der Waals surface area contributed by atoms with Crippen LogP contribution in [-0.4, -0.2) is 26.2 Å². The van der Waals surface area contributed by atoms with Gasteiger partial charge in [0.05, 0.1) is 25.7 Å². The molecule has 4 heteroatoms. The molecule has 0 aliphatic carbocycles. The molecule has 1 aliphatic heterocycles. The first kappa shape index (κ1) is 16.5. The van der Waals surface area contributed by atoms with E-state index >= 15 is 0 Å². The molecular formula is C20H23NO3. The highest BCUT2D eigenvalue weighted by Crippen LogP contribution is 2.26. The second-order valence-corrected chi connectivity index (χ2v) is 6.19. The summed E-state index contributed by atoms with van der Waals surface area (Å²) in [5, 5.41) is 3.19. The summed E-state index contributed by atoms with van der Waals surface area (Å²) in [4.78, 5) is 12.6. The van der Waals surface area contributed by atoms with E-state index in [0.29, 0.717) is 13.2 Å². The second kappa shape index (κ2) is 7.49. The van der Waals surface area contributed by atoms with Gasteiger partial charge in [-0.3, -0.25) is 4.79 Å². The molecule has 1 amide bonds. The lowest BCUT2D eigenvalue weighted by Gasteiger charge is -2.22. The molecule has 0 radical (unpaired) electrons. The number of methoxy groups -OCH3 is 1. The lowest BCUT2D eigenvalue weighted by Crippen LogP contribution is -2.34. The van der Waals surface area contributed by atoms with Crippen LogP contribution in [-0.2, 0) is 9.53 Å². The Balaban J connectivity index is 1.87. The largest absolute Gasteiger partial charge is 0.497 e. The van der Waals surface area contributed by atoms with Crippen molar-refractivity contribution in [2.24, 2.45) is 5.92 Å². The summed E-state index contributed by atoms with van der Waals surface area (Å²) >= 11 is 0. The topological polar surface area (TPSA) is 47.6 Å². The fourth-order valence-electron chi connectivity index (χ4n) is 2.92. The van der Waals surface area contributed by atoms with Gasteiger partial charge < -0.3 is 14.8 Å². The molecule has 2 aromatic rings. The summed E-state index contributed by atoms with van der Waals surface area (Å²) in [6.07, 6.45) is 0.787. The molecule has 1 fully saturated rings. The number of amides is 1. The number of carbonyl (C=O) groups is 1. The minimum absolute atomic E-state index is 0.0499. The zero-order valence-corrected chi connectivity index (χ0v) is 14.1. The summed E-state index contributed by atoms with van der Waals surface area (Å²) in [5.41, 5.74) is 3.30. The number of aryl methyl sites for hydroxylation is 1. The van der Waals surface area contributed by atoms with Crippen molar-refractivity contribution >= 4 is 5.91 Å². The maximum absolute atomic E-state index is 12.6. The zero-order valence-electron chi connectivity index (χ0n) is 14.1. The molecule has 126 valence electrons. The highest BCUT2D eigenvalue weighted by atomic mass is 16.5. The van der Waals surface area contributed by atoms with Gasteiger partial charge in [-0.15, -0.1) is 0 Å². The van der Waals surface area contributed by atoms with Gasteiger partial charge in [0.25, 0.3) is 0 Å². The Kier molecular flexibility index (Phi) is 5.16. The van der Waals surface area contributed by atoms with Crippen LogP contribution in [0.2, 0.25) is 0 Å². The molecule has 4 nitrogen and oxygen atoms in total. The van der Waals surface area contributed by atoms with Crippen LogP contribution < -0.4 is 10.1 Å². The molecule has 0 unspecified atom stereocenters. The Morgan fingerprint density at radius 1 is 1.12 bits per heavy atom. The van der Waals surface area contributed by atoms with E-state index in [4.69, 9.17) is 9.47 Å². The predicted molar refractivity (Wildman–Crippen MR) is 93.1 cm³/mol. The van der Waals surface area contributed by atoms with Crippen LogP contribution in [0.5, 0.6) is 5.75 Å². The standard InChI is InChI=1S/C20H23NO3/c1-14-3-5-15(6-4-14)19(16-7-9-18(23-2)10-8-16)21-20(22)17-11-12-24-13-17/h3-10,17,19H,11-13H2,1-2H3,(H,21,22)/t17-,19-/m1/s1. The van der Waals surface area contributed by atoms with E-state index in [-0.39, 0.29) is 17.9 Å². The summed E-state index contributed by atoms with van der Waals surface area (Å²) < 4.78 is 10.6. The molecule has 0 saturated carbocycles. The average Bonchev–Trinajstić information content (AvgIpc) is 3.15. The molecule has 0 bridgehead atoms. The number of carbonyl (C=O) groups excluding carboxylic acids is 1. The van der Waals surface area contributed by atoms with Crippen LogP contribution in [0.15, 0.2) is 48.5 Å². The van der Waals surface area contributed by atoms with E-state index in [1.54, 1.807) is 7.11 Å². The quantitative estimate of drug-likeness (QED) is 0.918. The minimum Gasteiger partial charge on any atom is -0.497 e. The second-order valence-electron chi connectivity index (χ2n) is 6.19. The first-order valence-corrected chi connectivity index (χ1v) is 8.26. The zero-order chi connectivity index (χ0) is 16.9. The predicted octanol–water partition coefficient (Wildman–Crippen LogP) is 3.25. The first-order valence-electron chi connectivity index (χ1n) is 8.26. The maximum Gasteiger partial charge on any atom is 0.226 e. The van der Waals surface area contributed by atoms with Crippen molar-refractivity contribution in [3.63, 3.8) is 0 Å². The third-order valence-electron chi connectivity index (χ3n) is 4.45. The van der Waals surface area contributed by atoms with E-state index in [2.05, 4.69) is 36.5 Å². The monoisotopic (exact) mass is 325 g/mol. The molecule has 2 aromatic carbocycles.